The minimum atomic E-state index is -0.458. The van der Waals surface area contributed by atoms with Crippen LogP contribution in [0, 0.1) is 0 Å². The molecule has 7 nitrogen and oxygen atoms in total. The number of carbonyl (C=O) groups is 2. The van der Waals surface area contributed by atoms with Gasteiger partial charge in [0.05, 0.1) is 6.04 Å². The van der Waals surface area contributed by atoms with Crippen LogP contribution in [0.3, 0.4) is 0 Å². The van der Waals surface area contributed by atoms with Crippen LogP contribution in [-0.4, -0.2) is 38.0 Å². The topological polar surface area (TPSA) is 94.1 Å². The Kier molecular flexibility index (Phi) is 5.35. The Morgan fingerprint density at radius 1 is 1.31 bits per heavy atom. The number of aromatic nitrogens is 3. The Morgan fingerprint density at radius 3 is 2.62 bits per heavy atom. The van der Waals surface area contributed by atoms with Crippen LogP contribution < -0.4 is 5.73 Å². The zero-order valence-corrected chi connectivity index (χ0v) is 15.3. The van der Waals surface area contributed by atoms with Gasteiger partial charge in [0.2, 0.25) is 11.8 Å². The lowest BCUT2D eigenvalue weighted by atomic mass is 10.1. The third-order valence-electron chi connectivity index (χ3n) is 4.80. The van der Waals surface area contributed by atoms with E-state index in [2.05, 4.69) is 12.0 Å². The van der Waals surface area contributed by atoms with Gasteiger partial charge in [0.25, 0.3) is 0 Å². The van der Waals surface area contributed by atoms with Crippen molar-refractivity contribution in [1.29, 1.82) is 0 Å². The number of nitrogens with two attached hydrogens (primary N) is 1. The average molecular weight is 355 g/mol. The number of aryl methyl sites for hydroxylation is 1. The number of rotatable bonds is 7. The molecule has 1 fully saturated rings. The summed E-state index contributed by atoms with van der Waals surface area (Å²) in [4.78, 5) is 30.0. The highest BCUT2D eigenvalue weighted by atomic mass is 16.2. The molecule has 0 radical (unpaired) electrons. The SMILES string of the molecule is CCCCn1nc(-c2ccc(C(N)=O)cc2)nc1C(C)N1CCCC1=O. The standard InChI is InChI=1S/C19H25N5O2/c1-3-4-12-24-19(13(2)23-11-5-6-16(23)25)21-18(22-24)15-9-7-14(8-10-15)17(20)26/h7-10,13H,3-6,11-12H2,1-2H3,(H2,20,26). The van der Waals surface area contributed by atoms with Crippen molar-refractivity contribution in [3.05, 3.63) is 35.7 Å². The molecule has 0 saturated carbocycles. The molecule has 1 unspecified atom stereocenters. The number of amides is 2. The summed E-state index contributed by atoms with van der Waals surface area (Å²) in [5, 5.41) is 4.66. The minimum Gasteiger partial charge on any atom is -0.366 e. The molecule has 0 spiro atoms. The molecule has 1 aromatic heterocycles. The summed E-state index contributed by atoms with van der Waals surface area (Å²) in [5.74, 6) is 1.13. The van der Waals surface area contributed by atoms with Gasteiger partial charge in [0, 0.05) is 30.6 Å². The predicted molar refractivity (Wildman–Crippen MR) is 98.2 cm³/mol. The van der Waals surface area contributed by atoms with E-state index < -0.39 is 5.91 Å². The number of benzene rings is 1. The number of primary amides is 1. The maximum absolute atomic E-state index is 12.1. The first kappa shape index (κ1) is 18.1. The zero-order valence-electron chi connectivity index (χ0n) is 15.3. The summed E-state index contributed by atoms with van der Waals surface area (Å²) >= 11 is 0. The van der Waals surface area contributed by atoms with Gasteiger partial charge >= 0.3 is 0 Å². The molecule has 2 heterocycles. The zero-order chi connectivity index (χ0) is 18.7. The van der Waals surface area contributed by atoms with E-state index in [9.17, 15) is 9.59 Å². The number of likely N-dealkylation sites (tertiary alicyclic amines) is 1. The van der Waals surface area contributed by atoms with Gasteiger partial charge in [-0.15, -0.1) is 0 Å². The fourth-order valence-corrected chi connectivity index (χ4v) is 3.26. The van der Waals surface area contributed by atoms with Crippen molar-refractivity contribution < 1.29 is 9.59 Å². The van der Waals surface area contributed by atoms with Crippen LogP contribution >= 0.6 is 0 Å². The molecule has 1 aliphatic rings. The summed E-state index contributed by atoms with van der Waals surface area (Å²) in [7, 11) is 0. The summed E-state index contributed by atoms with van der Waals surface area (Å²) in [5.41, 5.74) is 6.58. The molecule has 1 atom stereocenters. The third-order valence-corrected chi connectivity index (χ3v) is 4.80. The number of hydrogen-bond acceptors (Lipinski definition) is 4. The van der Waals surface area contributed by atoms with Crippen molar-refractivity contribution in [1.82, 2.24) is 19.7 Å². The molecule has 0 bridgehead atoms. The van der Waals surface area contributed by atoms with Gasteiger partial charge in [-0.25, -0.2) is 9.67 Å². The highest BCUT2D eigenvalue weighted by molar-refractivity contribution is 5.93. The summed E-state index contributed by atoms with van der Waals surface area (Å²) < 4.78 is 1.91. The number of carbonyl (C=O) groups excluding carboxylic acids is 2. The van der Waals surface area contributed by atoms with E-state index in [-0.39, 0.29) is 11.9 Å². The van der Waals surface area contributed by atoms with Crippen LogP contribution in [0.25, 0.3) is 11.4 Å². The quantitative estimate of drug-likeness (QED) is 0.826. The van der Waals surface area contributed by atoms with Gasteiger partial charge in [-0.1, -0.05) is 25.5 Å². The van der Waals surface area contributed by atoms with Crippen LogP contribution in [0.2, 0.25) is 0 Å². The monoisotopic (exact) mass is 355 g/mol. The van der Waals surface area contributed by atoms with Gasteiger partial charge in [-0.2, -0.15) is 5.10 Å². The molecule has 0 aliphatic carbocycles. The van der Waals surface area contributed by atoms with Crippen molar-refractivity contribution in [2.75, 3.05) is 6.54 Å². The smallest absolute Gasteiger partial charge is 0.248 e. The van der Waals surface area contributed by atoms with E-state index in [4.69, 9.17) is 10.7 Å². The van der Waals surface area contributed by atoms with Crippen molar-refractivity contribution in [2.45, 2.75) is 52.1 Å². The van der Waals surface area contributed by atoms with Crippen molar-refractivity contribution in [3.63, 3.8) is 0 Å². The molecule has 138 valence electrons. The highest BCUT2D eigenvalue weighted by Crippen LogP contribution is 2.27. The van der Waals surface area contributed by atoms with Crippen LogP contribution in [0.4, 0.5) is 0 Å². The molecule has 26 heavy (non-hydrogen) atoms. The fraction of sp³-hybridized carbons (Fsp3) is 0.474. The minimum absolute atomic E-state index is 0.104. The summed E-state index contributed by atoms with van der Waals surface area (Å²) in [6.07, 6.45) is 3.55. The van der Waals surface area contributed by atoms with E-state index in [0.29, 0.717) is 17.8 Å². The Morgan fingerprint density at radius 2 is 2.04 bits per heavy atom. The normalized spacial score (nSPS) is 15.5. The second-order valence-corrected chi connectivity index (χ2v) is 6.68. The van der Waals surface area contributed by atoms with Crippen LogP contribution in [-0.2, 0) is 11.3 Å². The largest absolute Gasteiger partial charge is 0.366 e. The Balaban J connectivity index is 1.93. The molecule has 2 amide bonds. The highest BCUT2D eigenvalue weighted by Gasteiger charge is 2.29. The van der Waals surface area contributed by atoms with Gasteiger partial charge in [0.15, 0.2) is 5.82 Å². The third kappa shape index (κ3) is 3.61. The molecular formula is C19H25N5O2. The summed E-state index contributed by atoms with van der Waals surface area (Å²) in [6.45, 7) is 5.68. The van der Waals surface area contributed by atoms with E-state index in [0.717, 1.165) is 43.7 Å². The van der Waals surface area contributed by atoms with Gasteiger partial charge < -0.3 is 10.6 Å². The molecule has 3 rings (SSSR count). The number of unbranched alkanes of at least 4 members (excludes halogenated alkanes) is 1. The maximum atomic E-state index is 12.1. The lowest BCUT2D eigenvalue weighted by molar-refractivity contribution is -0.129. The number of hydrogen-bond donors (Lipinski definition) is 1. The molecule has 2 aromatic rings. The van der Waals surface area contributed by atoms with Crippen LogP contribution in [0.5, 0.6) is 0 Å². The van der Waals surface area contributed by atoms with Crippen molar-refractivity contribution in [3.8, 4) is 11.4 Å². The fourth-order valence-electron chi connectivity index (χ4n) is 3.26. The summed E-state index contributed by atoms with van der Waals surface area (Å²) in [6, 6.07) is 6.85. The van der Waals surface area contributed by atoms with E-state index >= 15 is 0 Å². The van der Waals surface area contributed by atoms with E-state index in [1.807, 2.05) is 16.5 Å². The first-order valence-corrected chi connectivity index (χ1v) is 9.15. The van der Waals surface area contributed by atoms with Crippen molar-refractivity contribution in [2.24, 2.45) is 5.73 Å². The first-order chi connectivity index (χ1) is 12.5. The predicted octanol–water partition coefficient (Wildman–Crippen LogP) is 2.53. The maximum Gasteiger partial charge on any atom is 0.248 e. The molecule has 1 aromatic carbocycles. The van der Waals surface area contributed by atoms with Gasteiger partial charge in [-0.05, 0) is 31.9 Å². The second kappa shape index (κ2) is 7.68. The first-order valence-electron chi connectivity index (χ1n) is 9.15. The van der Waals surface area contributed by atoms with Crippen molar-refractivity contribution >= 4 is 11.8 Å². The van der Waals surface area contributed by atoms with Gasteiger partial charge in [-0.3, -0.25) is 9.59 Å². The lowest BCUT2D eigenvalue weighted by Crippen LogP contribution is -2.30. The average Bonchev–Trinajstić information content (AvgIpc) is 3.26. The van der Waals surface area contributed by atoms with E-state index in [1.165, 1.54) is 0 Å². The Hall–Kier alpha value is -2.70. The lowest BCUT2D eigenvalue weighted by Gasteiger charge is -2.23. The number of nitrogens with zero attached hydrogens (tertiary/aromatic N) is 4. The molecule has 1 saturated heterocycles. The van der Waals surface area contributed by atoms with Crippen LogP contribution in [0.1, 0.15) is 61.8 Å². The molecule has 7 heteroatoms. The Bertz CT molecular complexity index is 797. The van der Waals surface area contributed by atoms with Crippen LogP contribution in [0.15, 0.2) is 24.3 Å². The Labute approximate surface area is 153 Å². The molecule has 1 aliphatic heterocycles. The van der Waals surface area contributed by atoms with E-state index in [1.54, 1.807) is 24.3 Å². The van der Waals surface area contributed by atoms with Gasteiger partial charge in [0.1, 0.15) is 5.82 Å². The molecule has 2 N–H and O–H groups in total. The second-order valence-electron chi connectivity index (χ2n) is 6.68. The molecular weight excluding hydrogens is 330 g/mol.